The van der Waals surface area contributed by atoms with Crippen molar-refractivity contribution in [3.8, 4) is 11.5 Å². The molecule has 1 aromatic rings. The third-order valence-electron chi connectivity index (χ3n) is 2.43. The van der Waals surface area contributed by atoms with Crippen LogP contribution < -0.4 is 9.47 Å². The van der Waals surface area contributed by atoms with E-state index >= 15 is 0 Å². The Bertz CT molecular complexity index is 512. The summed E-state index contributed by atoms with van der Waals surface area (Å²) in [6.45, 7) is 0.206. The first-order valence-corrected chi connectivity index (χ1v) is 6.66. The van der Waals surface area contributed by atoms with E-state index in [0.29, 0.717) is 0 Å². The summed E-state index contributed by atoms with van der Waals surface area (Å²) in [6.07, 6.45) is -0.377. The molecular weight excluding hydrogens is 296 g/mol. The van der Waals surface area contributed by atoms with E-state index < -0.39 is 11.9 Å². The lowest BCUT2D eigenvalue weighted by molar-refractivity contribution is 0.0565. The van der Waals surface area contributed by atoms with E-state index in [9.17, 15) is 9.59 Å². The molecule has 0 aliphatic carbocycles. The molecule has 1 aliphatic rings. The van der Waals surface area contributed by atoms with E-state index in [4.69, 9.17) is 21.1 Å². The average molecular weight is 307 g/mol. The molecule has 1 aliphatic heterocycles. The summed E-state index contributed by atoms with van der Waals surface area (Å²) >= 11 is 6.61. The zero-order valence-electron chi connectivity index (χ0n) is 10.2. The number of halogens is 1. The van der Waals surface area contributed by atoms with Crippen LogP contribution in [-0.2, 0) is 9.47 Å². The number of thiophene rings is 1. The predicted octanol–water partition coefficient (Wildman–Crippen LogP) is 1.70. The quantitative estimate of drug-likeness (QED) is 0.625. The molecule has 2 heterocycles. The molecule has 0 bridgehead atoms. The molecule has 0 fully saturated rings. The number of hydrogen-bond donors (Lipinski definition) is 0. The van der Waals surface area contributed by atoms with Crippen molar-refractivity contribution >= 4 is 34.9 Å². The molecule has 19 heavy (non-hydrogen) atoms. The van der Waals surface area contributed by atoms with E-state index in [-0.39, 0.29) is 39.8 Å². The number of fused-ring (bicyclic) bond motifs is 1. The van der Waals surface area contributed by atoms with Gasteiger partial charge in [0.1, 0.15) is 12.7 Å². The van der Waals surface area contributed by atoms with Crippen LogP contribution in [0, 0.1) is 0 Å². The van der Waals surface area contributed by atoms with Crippen LogP contribution in [0.3, 0.4) is 0 Å². The highest BCUT2D eigenvalue weighted by Crippen LogP contribution is 2.45. The van der Waals surface area contributed by atoms with Gasteiger partial charge < -0.3 is 18.9 Å². The zero-order valence-corrected chi connectivity index (χ0v) is 11.8. The van der Waals surface area contributed by atoms with Crippen LogP contribution in [0.25, 0.3) is 0 Å². The molecule has 2 rings (SSSR count). The predicted molar refractivity (Wildman–Crippen MR) is 67.6 cm³/mol. The van der Waals surface area contributed by atoms with Gasteiger partial charge in [0.05, 0.1) is 20.1 Å². The van der Waals surface area contributed by atoms with E-state index in [1.54, 1.807) is 0 Å². The summed E-state index contributed by atoms with van der Waals surface area (Å²) in [7, 11) is 2.49. The van der Waals surface area contributed by atoms with Crippen molar-refractivity contribution in [3.63, 3.8) is 0 Å². The fourth-order valence-electron chi connectivity index (χ4n) is 1.55. The van der Waals surface area contributed by atoms with Gasteiger partial charge in [-0.15, -0.1) is 22.9 Å². The van der Waals surface area contributed by atoms with E-state index in [0.717, 1.165) is 11.3 Å². The lowest BCUT2D eigenvalue weighted by Crippen LogP contribution is -2.31. The van der Waals surface area contributed by atoms with Gasteiger partial charge >= 0.3 is 11.9 Å². The maximum atomic E-state index is 11.7. The van der Waals surface area contributed by atoms with Crippen molar-refractivity contribution in [2.24, 2.45) is 0 Å². The first kappa shape index (κ1) is 14.0. The van der Waals surface area contributed by atoms with Crippen molar-refractivity contribution in [3.05, 3.63) is 9.75 Å². The topological polar surface area (TPSA) is 71.1 Å². The van der Waals surface area contributed by atoms with Gasteiger partial charge in [0, 0.05) is 0 Å². The largest absolute Gasteiger partial charge is 0.484 e. The molecule has 1 aromatic heterocycles. The summed E-state index contributed by atoms with van der Waals surface area (Å²) in [6, 6.07) is 0. The molecule has 0 N–H and O–H groups in total. The summed E-state index contributed by atoms with van der Waals surface area (Å²) in [4.78, 5) is 23.6. The minimum absolute atomic E-state index is 0.160. The molecule has 0 amide bonds. The average Bonchev–Trinajstić information content (AvgIpc) is 2.84. The number of methoxy groups -OCH3 is 2. The Morgan fingerprint density at radius 1 is 1.26 bits per heavy atom. The Morgan fingerprint density at radius 3 is 2.37 bits per heavy atom. The Kier molecular flexibility index (Phi) is 4.16. The van der Waals surface area contributed by atoms with Gasteiger partial charge in [-0.05, 0) is 0 Å². The molecule has 0 radical (unpaired) electrons. The minimum atomic E-state index is -0.602. The van der Waals surface area contributed by atoms with Crippen LogP contribution >= 0.6 is 22.9 Å². The first-order valence-electron chi connectivity index (χ1n) is 5.31. The van der Waals surface area contributed by atoms with Crippen LogP contribution in [0.1, 0.15) is 19.3 Å². The molecular formula is C11H11ClO6S. The smallest absolute Gasteiger partial charge is 0.352 e. The van der Waals surface area contributed by atoms with Crippen molar-refractivity contribution in [2.75, 3.05) is 26.7 Å². The van der Waals surface area contributed by atoms with Gasteiger partial charge in [0.15, 0.2) is 21.3 Å². The number of alkyl halides is 1. The van der Waals surface area contributed by atoms with Crippen molar-refractivity contribution in [1.29, 1.82) is 0 Å². The Labute approximate surface area is 118 Å². The lowest BCUT2D eigenvalue weighted by Gasteiger charge is -2.23. The third kappa shape index (κ3) is 2.48. The molecule has 8 heteroatoms. The van der Waals surface area contributed by atoms with Gasteiger partial charge in [-0.2, -0.15) is 0 Å². The van der Waals surface area contributed by atoms with Crippen molar-refractivity contribution in [1.82, 2.24) is 0 Å². The zero-order chi connectivity index (χ0) is 14.0. The molecule has 0 spiro atoms. The highest BCUT2D eigenvalue weighted by molar-refractivity contribution is 7.16. The van der Waals surface area contributed by atoms with Crippen LogP contribution in [0.15, 0.2) is 0 Å². The maximum absolute atomic E-state index is 11.7. The third-order valence-corrected chi connectivity index (χ3v) is 3.89. The molecule has 104 valence electrons. The molecule has 0 aromatic carbocycles. The van der Waals surface area contributed by atoms with Crippen LogP contribution in [0.2, 0.25) is 0 Å². The second-order valence-corrected chi connectivity index (χ2v) is 4.94. The Morgan fingerprint density at radius 2 is 1.84 bits per heavy atom. The standard InChI is InChI=1S/C11H11ClO6S/c1-15-10(13)8-6-7(9(19-8)11(14)16-2)18-5(3-12)4-17-6/h5H,3-4H2,1-2H3. The molecule has 1 unspecified atom stereocenters. The van der Waals surface area contributed by atoms with Crippen molar-refractivity contribution < 1.29 is 28.5 Å². The van der Waals surface area contributed by atoms with Gasteiger partial charge in [0.2, 0.25) is 0 Å². The highest BCUT2D eigenvalue weighted by Gasteiger charge is 2.35. The van der Waals surface area contributed by atoms with Crippen molar-refractivity contribution in [2.45, 2.75) is 6.10 Å². The van der Waals surface area contributed by atoms with Crippen LogP contribution in [0.4, 0.5) is 0 Å². The maximum Gasteiger partial charge on any atom is 0.352 e. The fraction of sp³-hybridized carbons (Fsp3) is 0.455. The summed E-state index contributed by atoms with van der Waals surface area (Å²) < 4.78 is 20.3. The summed E-state index contributed by atoms with van der Waals surface area (Å²) in [5, 5.41) is 0. The summed E-state index contributed by atoms with van der Waals surface area (Å²) in [5.41, 5.74) is 0. The lowest BCUT2D eigenvalue weighted by atomic mass is 10.3. The van der Waals surface area contributed by atoms with E-state index in [1.807, 2.05) is 0 Å². The van der Waals surface area contributed by atoms with Crippen LogP contribution in [-0.4, -0.2) is 44.7 Å². The minimum Gasteiger partial charge on any atom is -0.484 e. The van der Waals surface area contributed by atoms with Gasteiger partial charge in [-0.3, -0.25) is 0 Å². The Hall–Kier alpha value is -1.47. The first-order chi connectivity index (χ1) is 9.12. The number of ether oxygens (including phenoxy) is 4. The molecule has 1 atom stereocenters. The second-order valence-electron chi connectivity index (χ2n) is 3.61. The van der Waals surface area contributed by atoms with E-state index in [1.165, 1.54) is 14.2 Å². The number of rotatable bonds is 3. The number of hydrogen-bond acceptors (Lipinski definition) is 7. The fourth-order valence-corrected chi connectivity index (χ4v) is 2.71. The molecule has 0 saturated carbocycles. The number of carbonyl (C=O) groups is 2. The summed E-state index contributed by atoms with van der Waals surface area (Å²) in [5.74, 6) is -0.587. The van der Waals surface area contributed by atoms with Crippen LogP contribution in [0.5, 0.6) is 11.5 Å². The highest BCUT2D eigenvalue weighted by atomic mass is 35.5. The normalized spacial score (nSPS) is 16.9. The van der Waals surface area contributed by atoms with E-state index in [2.05, 4.69) is 9.47 Å². The second kappa shape index (κ2) is 5.66. The molecule has 6 nitrogen and oxygen atoms in total. The van der Waals surface area contributed by atoms with Gasteiger partial charge in [0.25, 0.3) is 0 Å². The number of carbonyl (C=O) groups excluding carboxylic acids is 2. The number of esters is 2. The SMILES string of the molecule is COC(=O)c1sc(C(=O)OC)c2c1OCC(CCl)O2. The van der Waals surface area contributed by atoms with Gasteiger partial charge in [-0.25, -0.2) is 9.59 Å². The molecule has 0 saturated heterocycles. The van der Waals surface area contributed by atoms with Gasteiger partial charge in [-0.1, -0.05) is 0 Å². The Balaban J connectivity index is 2.48. The monoisotopic (exact) mass is 306 g/mol.